The summed E-state index contributed by atoms with van der Waals surface area (Å²) < 4.78 is 32.0. The molecule has 4 aliphatic rings. The van der Waals surface area contributed by atoms with Gasteiger partial charge >= 0.3 is 43.0 Å². The summed E-state index contributed by atoms with van der Waals surface area (Å²) in [5.74, 6) is 1.21. The number of esters is 1. The third-order valence-corrected chi connectivity index (χ3v) is 13.1. The summed E-state index contributed by atoms with van der Waals surface area (Å²) in [6, 6.07) is 15.0. The molecular weight excluding hydrogens is 884 g/mol. The molecule has 4 aromatic rings. The number of aliphatic carboxylic acids is 1. The molecule has 4 fully saturated rings. The van der Waals surface area contributed by atoms with Gasteiger partial charge in [-0.05, 0) is 165 Å². The SMILES string of the molecule is CC(C)OC(=O)[C@H]1CCC[C@H](Oc2ccc(-c3nnn(C)c3N(C)C(=O)OC3CCCC3)cc2)C1.CN(C(=O)OC1CCCC1)c1c(-c2ccc(O[C@H]3CCC[C@H](C(=O)O)C3)cc2)nnn1C.[Li+].[OH-]. The van der Waals surface area contributed by atoms with Crippen LogP contribution in [0.15, 0.2) is 48.5 Å². The molecule has 0 bridgehead atoms. The van der Waals surface area contributed by atoms with Gasteiger partial charge in [0.25, 0.3) is 0 Å². The molecular formula is C49H67LiN8O11. The quantitative estimate of drug-likeness (QED) is 0.0957. The summed E-state index contributed by atoms with van der Waals surface area (Å²) in [5.41, 5.74) is 2.80. The first kappa shape index (κ1) is 54.3. The fraction of sp³-hybridized carbons (Fsp3) is 0.592. The number of ether oxygens (including phenoxy) is 5. The van der Waals surface area contributed by atoms with Gasteiger partial charge < -0.3 is 34.3 Å². The smallest absolute Gasteiger partial charge is 0.870 e. The van der Waals surface area contributed by atoms with Gasteiger partial charge in [0, 0.05) is 39.3 Å². The average Bonchev–Trinajstić information content (AvgIpc) is 4.16. The maximum Gasteiger partial charge on any atom is 1.00 e. The van der Waals surface area contributed by atoms with Crippen molar-refractivity contribution >= 4 is 35.8 Å². The van der Waals surface area contributed by atoms with E-state index in [1.54, 1.807) is 37.6 Å². The van der Waals surface area contributed by atoms with Crippen LogP contribution in [0.4, 0.5) is 21.2 Å². The zero-order valence-electron chi connectivity index (χ0n) is 41.1. The van der Waals surface area contributed by atoms with E-state index in [4.69, 9.17) is 23.7 Å². The molecule has 370 valence electrons. The number of nitrogens with zero attached hydrogens (tertiary/aromatic N) is 8. The van der Waals surface area contributed by atoms with Gasteiger partial charge in [0.1, 0.15) is 35.1 Å². The zero-order chi connectivity index (χ0) is 47.6. The Labute approximate surface area is 416 Å². The second-order valence-electron chi connectivity index (χ2n) is 18.5. The third kappa shape index (κ3) is 14.2. The summed E-state index contributed by atoms with van der Waals surface area (Å²) in [7, 11) is 6.84. The van der Waals surface area contributed by atoms with E-state index in [1.807, 2.05) is 62.4 Å². The fourth-order valence-corrected chi connectivity index (χ4v) is 9.50. The van der Waals surface area contributed by atoms with E-state index in [9.17, 15) is 24.3 Å². The van der Waals surface area contributed by atoms with E-state index >= 15 is 0 Å². The number of amides is 2. The Kier molecular flexibility index (Phi) is 19.9. The van der Waals surface area contributed by atoms with E-state index in [0.29, 0.717) is 48.0 Å². The number of benzene rings is 2. The first-order valence-corrected chi connectivity index (χ1v) is 23.9. The zero-order valence-corrected chi connectivity index (χ0v) is 41.1. The van der Waals surface area contributed by atoms with Gasteiger partial charge in [-0.25, -0.2) is 19.0 Å². The summed E-state index contributed by atoms with van der Waals surface area (Å²) in [4.78, 5) is 51.9. The predicted octanol–water partition coefficient (Wildman–Crippen LogP) is 5.73. The molecule has 4 saturated carbocycles. The van der Waals surface area contributed by atoms with E-state index in [0.717, 1.165) is 100 Å². The number of carboxylic acid groups (broad SMARTS) is 1. The van der Waals surface area contributed by atoms with Gasteiger partial charge in [-0.1, -0.05) is 10.4 Å². The molecule has 0 aliphatic heterocycles. The number of hydrogen-bond acceptors (Lipinski definition) is 14. The Morgan fingerprint density at radius 2 is 0.971 bits per heavy atom. The first-order valence-electron chi connectivity index (χ1n) is 23.9. The van der Waals surface area contributed by atoms with Crippen molar-refractivity contribution in [2.45, 2.75) is 147 Å². The molecule has 4 aliphatic carbocycles. The second kappa shape index (κ2) is 25.3. The van der Waals surface area contributed by atoms with E-state index < -0.39 is 18.2 Å². The van der Waals surface area contributed by atoms with Gasteiger partial charge in [-0.2, -0.15) is 0 Å². The van der Waals surface area contributed by atoms with Crippen molar-refractivity contribution in [3.63, 3.8) is 0 Å². The van der Waals surface area contributed by atoms with Gasteiger partial charge in [0.2, 0.25) is 0 Å². The molecule has 8 rings (SSSR count). The third-order valence-electron chi connectivity index (χ3n) is 13.1. The largest absolute Gasteiger partial charge is 1.00 e. The summed E-state index contributed by atoms with van der Waals surface area (Å²) in [5, 5.41) is 26.0. The number of carboxylic acids is 1. The van der Waals surface area contributed by atoms with E-state index in [-0.39, 0.29) is 72.7 Å². The van der Waals surface area contributed by atoms with Crippen LogP contribution < -0.4 is 38.1 Å². The maximum atomic E-state index is 12.7. The molecule has 69 heavy (non-hydrogen) atoms. The normalized spacial score (nSPS) is 20.3. The number of anilines is 2. The Bertz CT molecular complexity index is 2290. The van der Waals surface area contributed by atoms with Crippen molar-refractivity contribution in [1.82, 2.24) is 30.0 Å². The molecule has 2 aromatic heterocycles. The minimum absolute atomic E-state index is 0. The number of aromatic nitrogens is 6. The van der Waals surface area contributed by atoms with Crippen molar-refractivity contribution in [3.8, 4) is 34.0 Å². The molecule has 0 saturated heterocycles. The fourth-order valence-electron chi connectivity index (χ4n) is 9.50. The molecule has 0 spiro atoms. The first-order chi connectivity index (χ1) is 32.2. The topological polar surface area (TPSA) is 233 Å². The summed E-state index contributed by atoms with van der Waals surface area (Å²) in [6.45, 7) is 3.74. The number of carbonyl (C=O) groups is 4. The van der Waals surface area contributed by atoms with Crippen molar-refractivity contribution in [2.24, 2.45) is 25.9 Å². The number of rotatable bonds is 13. The van der Waals surface area contributed by atoms with Crippen LogP contribution in [-0.4, -0.2) is 109 Å². The molecule has 2 N–H and O–H groups in total. The van der Waals surface area contributed by atoms with Crippen LogP contribution in [0, 0.1) is 11.8 Å². The van der Waals surface area contributed by atoms with Gasteiger partial charge in [0.15, 0.2) is 11.6 Å². The van der Waals surface area contributed by atoms with Crippen molar-refractivity contribution in [1.29, 1.82) is 0 Å². The minimum atomic E-state index is -0.751. The van der Waals surface area contributed by atoms with Crippen LogP contribution in [0.5, 0.6) is 11.5 Å². The minimum Gasteiger partial charge on any atom is -0.870 e. The van der Waals surface area contributed by atoms with Crippen LogP contribution >= 0.6 is 0 Å². The maximum absolute atomic E-state index is 12.7. The Morgan fingerprint density at radius 3 is 1.36 bits per heavy atom. The van der Waals surface area contributed by atoms with E-state index in [1.165, 1.54) is 9.80 Å². The van der Waals surface area contributed by atoms with Crippen molar-refractivity contribution in [2.75, 3.05) is 23.9 Å². The van der Waals surface area contributed by atoms with Gasteiger partial charge in [-0.3, -0.25) is 19.4 Å². The standard InChI is InChI=1S/C26H36N4O5.C23H30N4O5.Li.H2O/c1-17(2)33-25(31)19-8-7-11-22(16-19)34-21-14-12-18(13-15-21)23-24(30(4)28-27-23)29(3)26(32)35-20-9-5-6-10-20;1-26(23(30)32-17-7-3-4-8-17)21-20(24-25-27(21)2)15-10-12-18(13-11-15)31-19-9-5-6-16(14-19)22(28)29;;/h12-15,17,19-20,22H,5-11,16H2,1-4H3;10-13,16-17,19H,3-9,14H2,1-2H3,(H,28,29);;1H2/q;;+1;/p-1/t19-,22-;16-,19-;;/m00../s1. The number of hydrogen-bond donors (Lipinski definition) is 1. The monoisotopic (exact) mass is 951 g/mol. The van der Waals surface area contributed by atoms with Gasteiger partial charge in [-0.15, -0.1) is 10.2 Å². The molecule has 2 amide bonds. The molecule has 2 aromatic carbocycles. The Hall–Kier alpha value is -5.64. The van der Waals surface area contributed by atoms with Crippen molar-refractivity contribution in [3.05, 3.63) is 48.5 Å². The summed E-state index contributed by atoms with van der Waals surface area (Å²) in [6.07, 6.45) is 13.2. The molecule has 19 nitrogen and oxygen atoms in total. The molecule has 2 heterocycles. The molecule has 20 heteroatoms. The molecule has 0 unspecified atom stereocenters. The van der Waals surface area contributed by atoms with Crippen LogP contribution in [-0.2, 0) is 37.9 Å². The molecule has 0 radical (unpaired) electrons. The van der Waals surface area contributed by atoms with Gasteiger partial charge in [0.05, 0.1) is 30.1 Å². The van der Waals surface area contributed by atoms with Crippen molar-refractivity contribution < 1.29 is 72.3 Å². The predicted molar refractivity (Wildman–Crippen MR) is 251 cm³/mol. The Balaban J connectivity index is 0.000000251. The van der Waals surface area contributed by atoms with Crippen LogP contribution in [0.1, 0.15) is 117 Å². The second-order valence-corrected chi connectivity index (χ2v) is 18.5. The number of carbonyl (C=O) groups excluding carboxylic acids is 3. The van der Waals surface area contributed by atoms with E-state index in [2.05, 4.69) is 20.6 Å². The van der Waals surface area contributed by atoms with Crippen LogP contribution in [0.25, 0.3) is 22.5 Å². The summed E-state index contributed by atoms with van der Waals surface area (Å²) >= 11 is 0. The Morgan fingerprint density at radius 1 is 0.594 bits per heavy atom. The van der Waals surface area contributed by atoms with Crippen LogP contribution in [0.3, 0.4) is 0 Å². The van der Waals surface area contributed by atoms with Crippen LogP contribution in [0.2, 0.25) is 0 Å². The average molecular weight is 951 g/mol. The number of aryl methyl sites for hydroxylation is 2. The molecule has 4 atom stereocenters.